The second-order valence-corrected chi connectivity index (χ2v) is 6.90. The summed E-state index contributed by atoms with van der Waals surface area (Å²) in [7, 11) is 0. The van der Waals surface area contributed by atoms with Crippen molar-refractivity contribution in [3.8, 4) is 0 Å². The van der Waals surface area contributed by atoms with Gasteiger partial charge >= 0.3 is 5.97 Å². The van der Waals surface area contributed by atoms with Crippen molar-refractivity contribution in [3.05, 3.63) is 23.4 Å². The summed E-state index contributed by atoms with van der Waals surface area (Å²) in [5.41, 5.74) is 0.992. The van der Waals surface area contributed by atoms with Crippen LogP contribution in [-0.4, -0.2) is 21.3 Å². The fourth-order valence-electron chi connectivity index (χ4n) is 1.31. The third-order valence-electron chi connectivity index (χ3n) is 2.17. The first-order valence-electron chi connectivity index (χ1n) is 5.62. The first-order valence-corrected chi connectivity index (χ1v) is 6.50. The van der Waals surface area contributed by atoms with Crippen molar-refractivity contribution in [2.24, 2.45) is 0 Å². The SMILES string of the molecule is CC(C)Sc1cc(C(=O)O)cc(C(C)(C)C)n1. The van der Waals surface area contributed by atoms with Gasteiger partial charge in [-0.05, 0) is 12.1 Å². The van der Waals surface area contributed by atoms with E-state index in [0.29, 0.717) is 10.8 Å². The maximum absolute atomic E-state index is 11.1. The first-order chi connectivity index (χ1) is 7.70. The van der Waals surface area contributed by atoms with Crippen LogP contribution in [0.2, 0.25) is 0 Å². The normalized spacial score (nSPS) is 11.9. The summed E-state index contributed by atoms with van der Waals surface area (Å²) in [6.45, 7) is 10.2. The second kappa shape index (κ2) is 5.08. The highest BCUT2D eigenvalue weighted by atomic mass is 32.2. The lowest BCUT2D eigenvalue weighted by molar-refractivity contribution is 0.0696. The van der Waals surface area contributed by atoms with Crippen LogP contribution in [0.25, 0.3) is 0 Å². The Morgan fingerprint density at radius 3 is 2.35 bits per heavy atom. The molecule has 0 spiro atoms. The largest absolute Gasteiger partial charge is 0.478 e. The molecule has 1 heterocycles. The molecule has 3 nitrogen and oxygen atoms in total. The van der Waals surface area contributed by atoms with E-state index in [0.717, 1.165) is 10.7 Å². The molecule has 1 N–H and O–H groups in total. The number of rotatable bonds is 3. The minimum Gasteiger partial charge on any atom is -0.478 e. The van der Waals surface area contributed by atoms with Crippen LogP contribution in [0, 0.1) is 0 Å². The van der Waals surface area contributed by atoms with Crippen molar-refractivity contribution in [1.82, 2.24) is 4.98 Å². The van der Waals surface area contributed by atoms with E-state index in [1.165, 1.54) is 0 Å². The van der Waals surface area contributed by atoms with Crippen LogP contribution < -0.4 is 0 Å². The predicted molar refractivity (Wildman–Crippen MR) is 70.9 cm³/mol. The Morgan fingerprint density at radius 2 is 1.94 bits per heavy atom. The van der Waals surface area contributed by atoms with Gasteiger partial charge in [0.25, 0.3) is 0 Å². The highest BCUT2D eigenvalue weighted by Crippen LogP contribution is 2.27. The molecule has 94 valence electrons. The molecule has 0 aliphatic carbocycles. The van der Waals surface area contributed by atoms with Crippen LogP contribution in [0.3, 0.4) is 0 Å². The Kier molecular flexibility index (Phi) is 4.20. The van der Waals surface area contributed by atoms with Crippen LogP contribution in [0.1, 0.15) is 50.7 Å². The number of carboxylic acids is 1. The lowest BCUT2D eigenvalue weighted by Crippen LogP contribution is -2.15. The molecule has 0 atom stereocenters. The van der Waals surface area contributed by atoms with Gasteiger partial charge in [0.1, 0.15) is 0 Å². The van der Waals surface area contributed by atoms with Crippen LogP contribution in [-0.2, 0) is 5.41 Å². The van der Waals surface area contributed by atoms with E-state index in [9.17, 15) is 4.79 Å². The molecule has 0 bridgehead atoms. The summed E-state index contributed by atoms with van der Waals surface area (Å²) in [6, 6.07) is 3.30. The summed E-state index contributed by atoms with van der Waals surface area (Å²) in [4.78, 5) is 15.6. The Morgan fingerprint density at radius 1 is 1.35 bits per heavy atom. The molecule has 0 amide bonds. The maximum atomic E-state index is 11.1. The van der Waals surface area contributed by atoms with Gasteiger partial charge in [0.05, 0.1) is 10.6 Å². The van der Waals surface area contributed by atoms with Crippen molar-refractivity contribution >= 4 is 17.7 Å². The number of hydrogen-bond donors (Lipinski definition) is 1. The van der Waals surface area contributed by atoms with Crippen LogP contribution in [0.4, 0.5) is 0 Å². The molecule has 0 saturated heterocycles. The summed E-state index contributed by atoms with van der Waals surface area (Å²) in [5.74, 6) is -0.900. The number of hydrogen-bond acceptors (Lipinski definition) is 3. The van der Waals surface area contributed by atoms with E-state index >= 15 is 0 Å². The minimum absolute atomic E-state index is 0.141. The zero-order chi connectivity index (χ0) is 13.2. The molecule has 0 aliphatic rings. The maximum Gasteiger partial charge on any atom is 0.335 e. The molecule has 17 heavy (non-hydrogen) atoms. The minimum atomic E-state index is -0.900. The highest BCUT2D eigenvalue weighted by molar-refractivity contribution is 7.99. The number of carboxylic acid groups (broad SMARTS) is 1. The molecule has 1 rings (SSSR count). The van der Waals surface area contributed by atoms with Gasteiger partial charge in [-0.1, -0.05) is 34.6 Å². The number of aromatic nitrogens is 1. The van der Waals surface area contributed by atoms with Gasteiger partial charge in [-0.2, -0.15) is 0 Å². The van der Waals surface area contributed by atoms with Gasteiger partial charge in [0, 0.05) is 16.4 Å². The van der Waals surface area contributed by atoms with E-state index in [2.05, 4.69) is 18.8 Å². The number of thioether (sulfide) groups is 1. The van der Waals surface area contributed by atoms with Crippen molar-refractivity contribution < 1.29 is 9.90 Å². The summed E-state index contributed by atoms with van der Waals surface area (Å²) < 4.78 is 0. The summed E-state index contributed by atoms with van der Waals surface area (Å²) >= 11 is 1.59. The molecule has 0 saturated carbocycles. The van der Waals surface area contributed by atoms with E-state index < -0.39 is 5.97 Å². The number of aromatic carboxylic acids is 1. The molecule has 0 radical (unpaired) electrons. The molecule has 0 unspecified atom stereocenters. The molecule has 1 aromatic rings. The fourth-order valence-corrected chi connectivity index (χ4v) is 2.14. The Labute approximate surface area is 107 Å². The standard InChI is InChI=1S/C13H19NO2S/c1-8(2)17-11-7-9(12(15)16)6-10(14-11)13(3,4)5/h6-8H,1-5H3,(H,15,16). The number of nitrogens with zero attached hydrogens (tertiary/aromatic N) is 1. The van der Waals surface area contributed by atoms with Gasteiger partial charge in [-0.25, -0.2) is 9.78 Å². The van der Waals surface area contributed by atoms with Crippen molar-refractivity contribution in [2.45, 2.75) is 50.3 Å². The van der Waals surface area contributed by atoms with Crippen molar-refractivity contribution in [1.29, 1.82) is 0 Å². The van der Waals surface area contributed by atoms with E-state index in [4.69, 9.17) is 5.11 Å². The monoisotopic (exact) mass is 253 g/mol. The lowest BCUT2D eigenvalue weighted by Gasteiger charge is -2.19. The Balaban J connectivity index is 3.24. The molecule has 1 aromatic heterocycles. The third kappa shape index (κ3) is 4.04. The summed E-state index contributed by atoms with van der Waals surface area (Å²) in [5, 5.41) is 10.3. The van der Waals surface area contributed by atoms with Crippen LogP contribution >= 0.6 is 11.8 Å². The average molecular weight is 253 g/mol. The molecular weight excluding hydrogens is 234 g/mol. The Hall–Kier alpha value is -1.03. The zero-order valence-corrected chi connectivity index (χ0v) is 11.8. The average Bonchev–Trinajstić information content (AvgIpc) is 2.14. The van der Waals surface area contributed by atoms with E-state index in [-0.39, 0.29) is 5.41 Å². The van der Waals surface area contributed by atoms with Gasteiger partial charge in [0.15, 0.2) is 0 Å². The van der Waals surface area contributed by atoms with Gasteiger partial charge in [-0.15, -0.1) is 11.8 Å². The molecule has 4 heteroatoms. The fraction of sp³-hybridized carbons (Fsp3) is 0.538. The van der Waals surface area contributed by atoms with E-state index in [1.54, 1.807) is 23.9 Å². The predicted octanol–water partition coefficient (Wildman–Crippen LogP) is 3.58. The molecule has 0 aromatic carbocycles. The lowest BCUT2D eigenvalue weighted by atomic mass is 9.91. The zero-order valence-electron chi connectivity index (χ0n) is 10.9. The quantitative estimate of drug-likeness (QED) is 0.836. The molecular formula is C13H19NO2S. The van der Waals surface area contributed by atoms with E-state index in [1.807, 2.05) is 20.8 Å². The van der Waals surface area contributed by atoms with Gasteiger partial charge in [-0.3, -0.25) is 0 Å². The number of pyridine rings is 1. The molecule has 0 fully saturated rings. The van der Waals surface area contributed by atoms with Gasteiger partial charge < -0.3 is 5.11 Å². The van der Waals surface area contributed by atoms with Gasteiger partial charge in [0.2, 0.25) is 0 Å². The second-order valence-electron chi connectivity index (χ2n) is 5.30. The smallest absolute Gasteiger partial charge is 0.335 e. The van der Waals surface area contributed by atoms with Crippen LogP contribution in [0.5, 0.6) is 0 Å². The highest BCUT2D eigenvalue weighted by Gasteiger charge is 2.19. The molecule has 0 aliphatic heterocycles. The first kappa shape index (κ1) is 14.0. The van der Waals surface area contributed by atoms with Crippen LogP contribution in [0.15, 0.2) is 17.2 Å². The Bertz CT molecular complexity index is 422. The number of carbonyl (C=O) groups is 1. The van der Waals surface area contributed by atoms with Crippen molar-refractivity contribution in [2.75, 3.05) is 0 Å². The third-order valence-corrected chi connectivity index (χ3v) is 3.10. The topological polar surface area (TPSA) is 50.2 Å². The van der Waals surface area contributed by atoms with Crippen molar-refractivity contribution in [3.63, 3.8) is 0 Å². The summed E-state index contributed by atoms with van der Waals surface area (Å²) in [6.07, 6.45) is 0.